The van der Waals surface area contributed by atoms with Crippen molar-refractivity contribution in [3.05, 3.63) is 35.3 Å². The number of nitrogens with zero attached hydrogens (tertiary/aromatic N) is 5. The highest BCUT2D eigenvalue weighted by atomic mass is 16.3. The summed E-state index contributed by atoms with van der Waals surface area (Å²) >= 11 is 0. The molecule has 1 fully saturated rings. The first-order valence-electron chi connectivity index (χ1n) is 8.59. The Balaban J connectivity index is 1.58. The van der Waals surface area contributed by atoms with E-state index in [2.05, 4.69) is 32.4 Å². The zero-order chi connectivity index (χ0) is 16.9. The minimum absolute atomic E-state index is 0.115. The van der Waals surface area contributed by atoms with Crippen LogP contribution >= 0.6 is 0 Å². The normalized spacial score (nSPS) is 17.6. The molecule has 1 aliphatic rings. The molecule has 2 aromatic heterocycles. The summed E-state index contributed by atoms with van der Waals surface area (Å²) in [6.07, 6.45) is 4.07. The summed E-state index contributed by atoms with van der Waals surface area (Å²) in [6, 6.07) is 4.42. The minimum Gasteiger partial charge on any atom is -0.394 e. The van der Waals surface area contributed by atoms with Crippen molar-refractivity contribution < 1.29 is 5.11 Å². The predicted molar refractivity (Wildman–Crippen MR) is 92.9 cm³/mol. The molecule has 130 valence electrons. The number of rotatable bonds is 7. The van der Waals surface area contributed by atoms with Crippen LogP contribution in [-0.4, -0.2) is 50.8 Å². The van der Waals surface area contributed by atoms with E-state index < -0.39 is 0 Å². The quantitative estimate of drug-likeness (QED) is 0.790. The molecule has 0 aromatic carbocycles. The summed E-state index contributed by atoms with van der Waals surface area (Å²) in [5, 5.41) is 25.4. The van der Waals surface area contributed by atoms with Crippen molar-refractivity contribution in [2.24, 2.45) is 0 Å². The molecule has 1 saturated heterocycles. The van der Waals surface area contributed by atoms with Crippen molar-refractivity contribution in [1.82, 2.24) is 25.3 Å². The summed E-state index contributed by atoms with van der Waals surface area (Å²) in [6.45, 7) is 7.51. The van der Waals surface area contributed by atoms with Gasteiger partial charge in [0.15, 0.2) is 5.82 Å². The van der Waals surface area contributed by atoms with Gasteiger partial charge in [0.05, 0.1) is 18.8 Å². The Morgan fingerprint density at radius 3 is 3.00 bits per heavy atom. The van der Waals surface area contributed by atoms with Gasteiger partial charge < -0.3 is 15.3 Å². The molecule has 1 atom stereocenters. The largest absolute Gasteiger partial charge is 0.394 e. The molecular formula is C17H26N6O. The van der Waals surface area contributed by atoms with Crippen LogP contribution < -0.4 is 10.2 Å². The first-order chi connectivity index (χ1) is 11.7. The molecule has 3 rings (SSSR count). The molecule has 0 unspecified atom stereocenters. The molecule has 7 heteroatoms. The maximum absolute atomic E-state index is 9.11. The van der Waals surface area contributed by atoms with Crippen molar-refractivity contribution in [2.75, 3.05) is 24.6 Å². The third-order valence-electron chi connectivity index (χ3n) is 4.75. The summed E-state index contributed by atoms with van der Waals surface area (Å²) in [5.41, 5.74) is 3.39. The summed E-state index contributed by atoms with van der Waals surface area (Å²) < 4.78 is 1.88. The molecular weight excluding hydrogens is 304 g/mol. The highest BCUT2D eigenvalue weighted by Crippen LogP contribution is 2.22. The van der Waals surface area contributed by atoms with Gasteiger partial charge in [0.1, 0.15) is 0 Å². The highest BCUT2D eigenvalue weighted by Gasteiger charge is 2.25. The van der Waals surface area contributed by atoms with E-state index in [1.165, 1.54) is 18.4 Å². The average Bonchev–Trinajstić information content (AvgIpc) is 3.16. The van der Waals surface area contributed by atoms with Crippen LogP contribution in [0.5, 0.6) is 0 Å². The lowest BCUT2D eigenvalue weighted by molar-refractivity contribution is 0.267. The summed E-state index contributed by atoms with van der Waals surface area (Å²) in [7, 11) is 0. The van der Waals surface area contributed by atoms with E-state index in [0.29, 0.717) is 12.6 Å². The van der Waals surface area contributed by atoms with E-state index in [9.17, 15) is 0 Å². The molecule has 7 nitrogen and oxygen atoms in total. The maximum atomic E-state index is 9.11. The van der Waals surface area contributed by atoms with E-state index in [1.807, 2.05) is 23.7 Å². The van der Waals surface area contributed by atoms with Crippen LogP contribution in [0.1, 0.15) is 29.8 Å². The zero-order valence-corrected chi connectivity index (χ0v) is 14.4. The first kappa shape index (κ1) is 16.9. The van der Waals surface area contributed by atoms with Crippen LogP contribution in [0.15, 0.2) is 18.3 Å². The van der Waals surface area contributed by atoms with Crippen LogP contribution in [0.3, 0.4) is 0 Å². The Kier molecular flexibility index (Phi) is 5.42. The fourth-order valence-electron chi connectivity index (χ4n) is 3.46. The number of aliphatic hydroxyl groups is 1. The lowest BCUT2D eigenvalue weighted by Gasteiger charge is -2.25. The summed E-state index contributed by atoms with van der Waals surface area (Å²) in [5.74, 6) is 0.963. The molecule has 2 N–H and O–H groups in total. The third kappa shape index (κ3) is 3.57. The maximum Gasteiger partial charge on any atom is 0.151 e. The van der Waals surface area contributed by atoms with Crippen LogP contribution in [0.25, 0.3) is 0 Å². The van der Waals surface area contributed by atoms with E-state index in [0.717, 1.165) is 36.8 Å². The van der Waals surface area contributed by atoms with Gasteiger partial charge in [0.25, 0.3) is 0 Å². The fraction of sp³-hybridized carbons (Fsp3) is 0.588. The molecule has 0 saturated carbocycles. The van der Waals surface area contributed by atoms with Crippen LogP contribution in [0, 0.1) is 13.8 Å². The van der Waals surface area contributed by atoms with E-state index in [-0.39, 0.29) is 6.61 Å². The van der Waals surface area contributed by atoms with E-state index in [4.69, 9.17) is 5.11 Å². The Morgan fingerprint density at radius 2 is 2.25 bits per heavy atom. The Labute approximate surface area is 142 Å². The molecule has 0 radical (unpaired) electrons. The standard InChI is InChI=1S/C17H26N6O/c1-13-16(14(2)23(21-13)9-10-24)12-18-11-15-5-4-8-22(15)17-6-3-7-19-20-17/h3,6-7,15,18,24H,4-5,8-12H2,1-2H3/t15-/m1/s1. The number of hydrogen-bond donors (Lipinski definition) is 2. The number of aryl methyl sites for hydroxylation is 1. The smallest absolute Gasteiger partial charge is 0.151 e. The number of aromatic nitrogens is 4. The van der Waals surface area contributed by atoms with Gasteiger partial charge in [-0.25, -0.2) is 0 Å². The number of nitrogens with one attached hydrogen (secondary N) is 1. The number of aliphatic hydroxyl groups excluding tert-OH is 1. The van der Waals surface area contributed by atoms with Gasteiger partial charge in [0.2, 0.25) is 0 Å². The molecule has 0 spiro atoms. The topological polar surface area (TPSA) is 79.1 Å². The van der Waals surface area contributed by atoms with Gasteiger partial charge in [0, 0.05) is 43.1 Å². The minimum atomic E-state index is 0.115. The van der Waals surface area contributed by atoms with Crippen molar-refractivity contribution in [3.63, 3.8) is 0 Å². The first-order valence-corrected chi connectivity index (χ1v) is 8.59. The van der Waals surface area contributed by atoms with Crippen molar-refractivity contribution in [2.45, 2.75) is 45.8 Å². The van der Waals surface area contributed by atoms with Gasteiger partial charge >= 0.3 is 0 Å². The monoisotopic (exact) mass is 330 g/mol. The van der Waals surface area contributed by atoms with Gasteiger partial charge in [-0.15, -0.1) is 5.10 Å². The van der Waals surface area contributed by atoms with Crippen molar-refractivity contribution in [3.8, 4) is 0 Å². The second-order valence-corrected chi connectivity index (χ2v) is 6.30. The average molecular weight is 330 g/mol. The van der Waals surface area contributed by atoms with E-state index >= 15 is 0 Å². The molecule has 2 aromatic rings. The number of anilines is 1. The Hall–Kier alpha value is -1.99. The van der Waals surface area contributed by atoms with Gasteiger partial charge in [-0.05, 0) is 38.8 Å². The summed E-state index contributed by atoms with van der Waals surface area (Å²) in [4.78, 5) is 2.34. The number of hydrogen-bond acceptors (Lipinski definition) is 6. The molecule has 1 aliphatic heterocycles. The van der Waals surface area contributed by atoms with Crippen LogP contribution in [-0.2, 0) is 13.1 Å². The van der Waals surface area contributed by atoms with Crippen LogP contribution in [0.2, 0.25) is 0 Å². The third-order valence-corrected chi connectivity index (χ3v) is 4.75. The molecule has 0 aliphatic carbocycles. The molecule has 24 heavy (non-hydrogen) atoms. The van der Waals surface area contributed by atoms with Gasteiger partial charge in [-0.2, -0.15) is 10.2 Å². The second kappa shape index (κ2) is 7.72. The Morgan fingerprint density at radius 1 is 1.38 bits per heavy atom. The predicted octanol–water partition coefficient (Wildman–Crippen LogP) is 1.04. The highest BCUT2D eigenvalue weighted by molar-refractivity contribution is 5.39. The lowest BCUT2D eigenvalue weighted by atomic mass is 10.1. The van der Waals surface area contributed by atoms with Crippen molar-refractivity contribution in [1.29, 1.82) is 0 Å². The van der Waals surface area contributed by atoms with Crippen LogP contribution in [0.4, 0.5) is 5.82 Å². The van der Waals surface area contributed by atoms with Gasteiger partial charge in [-0.1, -0.05) is 0 Å². The van der Waals surface area contributed by atoms with Gasteiger partial charge in [-0.3, -0.25) is 4.68 Å². The Bertz CT molecular complexity index is 657. The van der Waals surface area contributed by atoms with E-state index in [1.54, 1.807) is 6.20 Å². The molecule has 0 bridgehead atoms. The SMILES string of the molecule is Cc1nn(CCO)c(C)c1CNC[C@H]1CCCN1c1cccnn1. The molecule has 0 amide bonds. The zero-order valence-electron chi connectivity index (χ0n) is 14.4. The lowest BCUT2D eigenvalue weighted by Crippen LogP contribution is -2.38. The fourth-order valence-corrected chi connectivity index (χ4v) is 3.46. The second-order valence-electron chi connectivity index (χ2n) is 6.30. The molecule has 3 heterocycles. The van der Waals surface area contributed by atoms with Crippen molar-refractivity contribution >= 4 is 5.82 Å².